The van der Waals surface area contributed by atoms with Gasteiger partial charge in [-0.3, -0.25) is 0 Å². The molecule has 2 rings (SSSR count). The number of aromatic carboxylic acids is 1. The molecule has 0 fully saturated rings. The molecule has 0 saturated heterocycles. The molecule has 0 aliphatic rings. The van der Waals surface area contributed by atoms with Gasteiger partial charge in [-0.1, -0.05) is 28.9 Å². The van der Waals surface area contributed by atoms with Crippen LogP contribution in [0, 0.1) is 0 Å². The van der Waals surface area contributed by atoms with E-state index in [9.17, 15) is 9.18 Å². The standard InChI is InChI=1S/C13H11ClFNO3/c1-13(2,15)11-7(4-3-5-8(11)14)9-6-10(12(17)18)19-16-9/h3-6H,1-2H3,(H,17,18). The van der Waals surface area contributed by atoms with E-state index in [0.717, 1.165) is 0 Å². The second kappa shape index (κ2) is 4.66. The van der Waals surface area contributed by atoms with Gasteiger partial charge in [-0.15, -0.1) is 0 Å². The van der Waals surface area contributed by atoms with E-state index in [0.29, 0.717) is 5.56 Å². The number of benzene rings is 1. The van der Waals surface area contributed by atoms with Crippen molar-refractivity contribution < 1.29 is 18.8 Å². The average Bonchev–Trinajstić information content (AvgIpc) is 2.75. The molecule has 0 spiro atoms. The number of nitrogens with zero attached hydrogens (tertiary/aromatic N) is 1. The van der Waals surface area contributed by atoms with Crippen LogP contribution in [0.2, 0.25) is 5.02 Å². The Hall–Kier alpha value is -1.88. The van der Waals surface area contributed by atoms with Gasteiger partial charge in [-0.05, 0) is 19.9 Å². The molecule has 2 aromatic rings. The number of carboxylic acids is 1. The maximum Gasteiger partial charge on any atom is 0.374 e. The van der Waals surface area contributed by atoms with Gasteiger partial charge >= 0.3 is 5.97 Å². The Kier molecular flexibility index (Phi) is 3.32. The summed E-state index contributed by atoms with van der Waals surface area (Å²) < 4.78 is 18.9. The van der Waals surface area contributed by atoms with E-state index in [1.165, 1.54) is 19.9 Å². The van der Waals surface area contributed by atoms with Gasteiger partial charge in [0.2, 0.25) is 5.76 Å². The zero-order valence-electron chi connectivity index (χ0n) is 10.3. The van der Waals surface area contributed by atoms with Crippen LogP contribution in [0.4, 0.5) is 4.39 Å². The Bertz CT molecular complexity index is 631. The van der Waals surface area contributed by atoms with E-state index >= 15 is 0 Å². The Labute approximate surface area is 113 Å². The van der Waals surface area contributed by atoms with Gasteiger partial charge in [0, 0.05) is 22.2 Å². The summed E-state index contributed by atoms with van der Waals surface area (Å²) in [5.41, 5.74) is -0.783. The second-order valence-electron chi connectivity index (χ2n) is 4.52. The lowest BCUT2D eigenvalue weighted by Crippen LogP contribution is -2.11. The SMILES string of the molecule is CC(C)(F)c1c(Cl)cccc1-c1cc(C(=O)O)on1. The third kappa shape index (κ3) is 2.61. The monoisotopic (exact) mass is 283 g/mol. The third-order valence-corrected chi connectivity index (χ3v) is 2.92. The molecule has 1 N–H and O–H groups in total. The molecule has 0 atom stereocenters. The quantitative estimate of drug-likeness (QED) is 0.928. The van der Waals surface area contributed by atoms with E-state index < -0.39 is 11.6 Å². The van der Waals surface area contributed by atoms with Crippen molar-refractivity contribution in [3.05, 3.63) is 40.6 Å². The Morgan fingerprint density at radius 2 is 2.16 bits per heavy atom. The fourth-order valence-electron chi connectivity index (χ4n) is 1.84. The fourth-order valence-corrected chi connectivity index (χ4v) is 2.24. The molecule has 1 aromatic carbocycles. The van der Waals surface area contributed by atoms with Crippen LogP contribution < -0.4 is 0 Å². The molecule has 0 saturated carbocycles. The summed E-state index contributed by atoms with van der Waals surface area (Å²) >= 11 is 6.02. The summed E-state index contributed by atoms with van der Waals surface area (Å²) in [5.74, 6) is -1.54. The van der Waals surface area contributed by atoms with Gasteiger partial charge in [-0.2, -0.15) is 0 Å². The first-order chi connectivity index (χ1) is 8.80. The summed E-state index contributed by atoms with van der Waals surface area (Å²) in [6, 6.07) is 6.07. The van der Waals surface area contributed by atoms with Crippen LogP contribution in [0.25, 0.3) is 11.3 Å². The minimum absolute atomic E-state index is 0.237. The van der Waals surface area contributed by atoms with Gasteiger partial charge in [0.1, 0.15) is 11.4 Å². The first-order valence-electron chi connectivity index (χ1n) is 5.49. The van der Waals surface area contributed by atoms with Gasteiger partial charge in [0.15, 0.2) is 0 Å². The molecule has 0 radical (unpaired) electrons. The number of rotatable bonds is 3. The van der Waals surface area contributed by atoms with E-state index in [4.69, 9.17) is 16.7 Å². The number of hydrogen-bond acceptors (Lipinski definition) is 3. The lowest BCUT2D eigenvalue weighted by molar-refractivity contribution is 0.0652. The molecule has 0 amide bonds. The number of alkyl halides is 1. The van der Waals surface area contributed by atoms with Crippen molar-refractivity contribution in [3.63, 3.8) is 0 Å². The minimum Gasteiger partial charge on any atom is -0.475 e. The van der Waals surface area contributed by atoms with Crippen LogP contribution in [0.15, 0.2) is 28.8 Å². The lowest BCUT2D eigenvalue weighted by atomic mass is 9.93. The van der Waals surface area contributed by atoms with Crippen LogP contribution in [-0.4, -0.2) is 16.2 Å². The van der Waals surface area contributed by atoms with Crippen molar-refractivity contribution >= 4 is 17.6 Å². The number of aromatic nitrogens is 1. The molecule has 0 bridgehead atoms. The molecule has 0 aliphatic heterocycles. The summed E-state index contributed by atoms with van der Waals surface area (Å²) in [7, 11) is 0. The zero-order valence-corrected chi connectivity index (χ0v) is 11.0. The van der Waals surface area contributed by atoms with Crippen molar-refractivity contribution in [2.45, 2.75) is 19.5 Å². The molecular weight excluding hydrogens is 273 g/mol. The first kappa shape index (κ1) is 13.5. The topological polar surface area (TPSA) is 63.3 Å². The Morgan fingerprint density at radius 1 is 1.47 bits per heavy atom. The molecule has 6 heteroatoms. The Balaban J connectivity index is 2.62. The van der Waals surface area contributed by atoms with Crippen LogP contribution in [0.5, 0.6) is 0 Å². The second-order valence-corrected chi connectivity index (χ2v) is 4.92. The Morgan fingerprint density at radius 3 is 2.68 bits per heavy atom. The zero-order chi connectivity index (χ0) is 14.2. The first-order valence-corrected chi connectivity index (χ1v) is 5.87. The van der Waals surface area contributed by atoms with Gasteiger partial charge in [-0.25, -0.2) is 9.18 Å². The predicted molar refractivity (Wildman–Crippen MR) is 68.0 cm³/mol. The molecule has 0 unspecified atom stereocenters. The van der Waals surface area contributed by atoms with Crippen molar-refractivity contribution in [1.82, 2.24) is 5.16 Å². The molecular formula is C13H11ClFNO3. The van der Waals surface area contributed by atoms with Crippen LogP contribution in [0.1, 0.15) is 30.0 Å². The van der Waals surface area contributed by atoms with Crippen molar-refractivity contribution in [2.75, 3.05) is 0 Å². The summed E-state index contributed by atoms with van der Waals surface area (Å²) in [6.45, 7) is 2.74. The smallest absolute Gasteiger partial charge is 0.374 e. The van der Waals surface area contributed by atoms with E-state index in [1.54, 1.807) is 18.2 Å². The fraction of sp³-hybridized carbons (Fsp3) is 0.231. The molecule has 1 heterocycles. The van der Waals surface area contributed by atoms with Crippen molar-refractivity contribution in [1.29, 1.82) is 0 Å². The molecule has 100 valence electrons. The van der Waals surface area contributed by atoms with E-state index in [1.807, 2.05) is 0 Å². The van der Waals surface area contributed by atoms with Crippen LogP contribution >= 0.6 is 11.6 Å². The lowest BCUT2D eigenvalue weighted by Gasteiger charge is -2.19. The van der Waals surface area contributed by atoms with Gasteiger partial charge in [0.25, 0.3) is 0 Å². The molecule has 4 nitrogen and oxygen atoms in total. The molecule has 19 heavy (non-hydrogen) atoms. The van der Waals surface area contributed by atoms with E-state index in [2.05, 4.69) is 9.68 Å². The van der Waals surface area contributed by atoms with Gasteiger partial charge < -0.3 is 9.63 Å². The summed E-state index contributed by atoms with van der Waals surface area (Å²) in [5, 5.41) is 12.7. The highest BCUT2D eigenvalue weighted by molar-refractivity contribution is 6.31. The summed E-state index contributed by atoms with van der Waals surface area (Å²) in [4.78, 5) is 10.8. The number of halogens is 2. The normalized spacial score (nSPS) is 11.6. The van der Waals surface area contributed by atoms with Crippen LogP contribution in [-0.2, 0) is 5.67 Å². The highest BCUT2D eigenvalue weighted by Gasteiger charge is 2.27. The van der Waals surface area contributed by atoms with Crippen molar-refractivity contribution in [2.24, 2.45) is 0 Å². The number of hydrogen-bond donors (Lipinski definition) is 1. The largest absolute Gasteiger partial charge is 0.475 e. The molecule has 1 aromatic heterocycles. The van der Waals surface area contributed by atoms with Gasteiger partial charge in [0.05, 0.1) is 0 Å². The maximum atomic E-state index is 14.2. The number of carbonyl (C=O) groups is 1. The maximum absolute atomic E-state index is 14.2. The van der Waals surface area contributed by atoms with Crippen LogP contribution in [0.3, 0.4) is 0 Å². The average molecular weight is 284 g/mol. The predicted octanol–water partition coefficient (Wildman–Crippen LogP) is 3.90. The van der Waals surface area contributed by atoms with E-state index in [-0.39, 0.29) is 22.0 Å². The van der Waals surface area contributed by atoms with Crippen molar-refractivity contribution in [3.8, 4) is 11.3 Å². The molecule has 0 aliphatic carbocycles. The highest BCUT2D eigenvalue weighted by atomic mass is 35.5. The third-order valence-electron chi connectivity index (χ3n) is 2.60. The summed E-state index contributed by atoms with van der Waals surface area (Å²) in [6.07, 6.45) is 0. The minimum atomic E-state index is -1.68. The number of carboxylic acid groups (broad SMARTS) is 1. The highest BCUT2D eigenvalue weighted by Crippen LogP contribution is 2.38.